The van der Waals surface area contributed by atoms with Crippen molar-refractivity contribution in [1.82, 2.24) is 0 Å². The maximum atomic E-state index is 10.7. The molecule has 2 heteroatoms. The number of carbonyl (C=O) groups excluding carboxylic acids is 1. The Balaban J connectivity index is 1.99. The largest absolute Gasteiger partial charge is 0.462 e. The summed E-state index contributed by atoms with van der Waals surface area (Å²) in [5, 5.41) is 0. The molecule has 2 rings (SSSR count). The van der Waals surface area contributed by atoms with Crippen LogP contribution in [0.3, 0.4) is 0 Å². The lowest BCUT2D eigenvalue weighted by Crippen LogP contribution is -2.20. The molecular formula is C10H14O2. The fourth-order valence-electron chi connectivity index (χ4n) is 2.38. The number of fused-ring (bicyclic) bond motifs is 1. The highest BCUT2D eigenvalue weighted by Gasteiger charge is 2.37. The first-order chi connectivity index (χ1) is 5.77. The number of esters is 1. The van der Waals surface area contributed by atoms with Gasteiger partial charge in [0.05, 0.1) is 0 Å². The molecule has 1 fully saturated rings. The van der Waals surface area contributed by atoms with Gasteiger partial charge < -0.3 is 4.74 Å². The van der Waals surface area contributed by atoms with Crippen molar-refractivity contribution in [3.63, 3.8) is 0 Å². The summed E-state index contributed by atoms with van der Waals surface area (Å²) in [6, 6.07) is 0. The van der Waals surface area contributed by atoms with Crippen LogP contribution in [0, 0.1) is 11.8 Å². The summed E-state index contributed by atoms with van der Waals surface area (Å²) in [5.41, 5.74) is 0. The molecule has 12 heavy (non-hydrogen) atoms. The average molecular weight is 166 g/mol. The molecule has 0 amide bonds. The monoisotopic (exact) mass is 166 g/mol. The molecule has 0 aromatic rings. The zero-order chi connectivity index (χ0) is 8.55. The quantitative estimate of drug-likeness (QED) is 0.439. The van der Waals surface area contributed by atoms with Crippen LogP contribution in [0.15, 0.2) is 12.2 Å². The van der Waals surface area contributed by atoms with E-state index in [1.54, 1.807) is 0 Å². The lowest BCUT2D eigenvalue weighted by atomic mass is 9.99. The van der Waals surface area contributed by atoms with Gasteiger partial charge in [0, 0.05) is 12.8 Å². The average Bonchev–Trinajstić information content (AvgIpc) is 2.52. The van der Waals surface area contributed by atoms with Crippen molar-refractivity contribution >= 4 is 5.97 Å². The molecule has 0 unspecified atom stereocenters. The van der Waals surface area contributed by atoms with E-state index in [0.29, 0.717) is 5.92 Å². The van der Waals surface area contributed by atoms with Crippen LogP contribution in [0.1, 0.15) is 26.2 Å². The molecule has 0 saturated heterocycles. The second kappa shape index (κ2) is 2.92. The third-order valence-electron chi connectivity index (χ3n) is 2.91. The lowest BCUT2D eigenvalue weighted by molar-refractivity contribution is -0.147. The van der Waals surface area contributed by atoms with Crippen LogP contribution >= 0.6 is 0 Å². The number of carbonyl (C=O) groups is 1. The summed E-state index contributed by atoms with van der Waals surface area (Å²) in [7, 11) is 0. The lowest BCUT2D eigenvalue weighted by Gasteiger charge is -2.16. The summed E-state index contributed by atoms with van der Waals surface area (Å²) in [6.07, 6.45) is 8.05. The molecule has 0 aliphatic heterocycles. The Hall–Kier alpha value is -0.790. The molecule has 2 aliphatic rings. The first-order valence-corrected chi connectivity index (χ1v) is 4.61. The van der Waals surface area contributed by atoms with Gasteiger partial charge in [-0.25, -0.2) is 0 Å². The Bertz CT molecular complexity index is 220. The molecular weight excluding hydrogens is 152 g/mol. The molecule has 0 aromatic heterocycles. The number of rotatable bonds is 1. The maximum Gasteiger partial charge on any atom is 0.302 e. The van der Waals surface area contributed by atoms with Gasteiger partial charge in [0.2, 0.25) is 0 Å². The van der Waals surface area contributed by atoms with Crippen LogP contribution in [-0.2, 0) is 9.53 Å². The molecule has 0 bridgehead atoms. The van der Waals surface area contributed by atoms with Crippen molar-refractivity contribution in [1.29, 1.82) is 0 Å². The van der Waals surface area contributed by atoms with E-state index in [4.69, 9.17) is 4.74 Å². The van der Waals surface area contributed by atoms with Crippen LogP contribution in [0.2, 0.25) is 0 Å². The van der Waals surface area contributed by atoms with Crippen molar-refractivity contribution in [3.05, 3.63) is 12.2 Å². The highest BCUT2D eigenvalue weighted by atomic mass is 16.5. The standard InChI is InChI=1S/C10H14O2/c1-7(11)12-10-6-5-8-3-2-4-9(8)10/h2,4,8-10H,3,5-6H2,1H3/t8-,9-,10+/m0/s1. The molecule has 2 nitrogen and oxygen atoms in total. The van der Waals surface area contributed by atoms with E-state index in [2.05, 4.69) is 12.2 Å². The van der Waals surface area contributed by atoms with Crippen molar-refractivity contribution in [2.45, 2.75) is 32.3 Å². The van der Waals surface area contributed by atoms with Gasteiger partial charge in [-0.1, -0.05) is 12.2 Å². The Morgan fingerprint density at radius 3 is 3.08 bits per heavy atom. The van der Waals surface area contributed by atoms with Gasteiger partial charge in [-0.05, 0) is 25.2 Å². The molecule has 1 saturated carbocycles. The molecule has 0 aromatic carbocycles. The predicted molar refractivity (Wildman–Crippen MR) is 45.5 cm³/mol. The van der Waals surface area contributed by atoms with Gasteiger partial charge >= 0.3 is 5.97 Å². The van der Waals surface area contributed by atoms with Crippen molar-refractivity contribution in [3.8, 4) is 0 Å². The zero-order valence-electron chi connectivity index (χ0n) is 7.32. The normalized spacial score (nSPS) is 38.2. The summed E-state index contributed by atoms with van der Waals surface area (Å²) in [5.74, 6) is 1.14. The van der Waals surface area contributed by atoms with E-state index in [9.17, 15) is 4.79 Å². The van der Waals surface area contributed by atoms with E-state index in [1.807, 2.05) is 0 Å². The van der Waals surface area contributed by atoms with Crippen molar-refractivity contribution < 1.29 is 9.53 Å². The Morgan fingerprint density at radius 1 is 1.50 bits per heavy atom. The molecule has 3 atom stereocenters. The summed E-state index contributed by atoms with van der Waals surface area (Å²) < 4.78 is 5.23. The minimum atomic E-state index is -0.138. The molecule has 0 radical (unpaired) electrons. The first-order valence-electron chi connectivity index (χ1n) is 4.61. The molecule has 2 aliphatic carbocycles. The second-order valence-electron chi connectivity index (χ2n) is 3.73. The summed E-state index contributed by atoms with van der Waals surface area (Å²) in [6.45, 7) is 1.49. The fraction of sp³-hybridized carbons (Fsp3) is 0.700. The van der Waals surface area contributed by atoms with Crippen molar-refractivity contribution in [2.24, 2.45) is 11.8 Å². The van der Waals surface area contributed by atoms with Gasteiger partial charge in [-0.3, -0.25) is 4.79 Å². The highest BCUT2D eigenvalue weighted by molar-refractivity contribution is 5.66. The Morgan fingerprint density at radius 2 is 2.33 bits per heavy atom. The van der Waals surface area contributed by atoms with Gasteiger partial charge in [0.1, 0.15) is 6.10 Å². The number of ether oxygens (including phenoxy) is 1. The van der Waals surface area contributed by atoms with Crippen LogP contribution in [0.25, 0.3) is 0 Å². The van der Waals surface area contributed by atoms with Gasteiger partial charge in [-0.15, -0.1) is 0 Å². The number of allylic oxidation sites excluding steroid dienone is 1. The van der Waals surface area contributed by atoms with Crippen LogP contribution < -0.4 is 0 Å². The summed E-state index contributed by atoms with van der Waals surface area (Å²) >= 11 is 0. The Kier molecular flexibility index (Phi) is 1.91. The third-order valence-corrected chi connectivity index (χ3v) is 2.91. The van der Waals surface area contributed by atoms with Crippen LogP contribution in [0.5, 0.6) is 0 Å². The summed E-state index contributed by atoms with van der Waals surface area (Å²) in [4.78, 5) is 10.7. The second-order valence-corrected chi connectivity index (χ2v) is 3.73. The third kappa shape index (κ3) is 1.26. The first kappa shape index (κ1) is 7.84. The van der Waals surface area contributed by atoms with Crippen molar-refractivity contribution in [2.75, 3.05) is 0 Å². The van der Waals surface area contributed by atoms with E-state index in [0.717, 1.165) is 12.3 Å². The topological polar surface area (TPSA) is 26.3 Å². The predicted octanol–water partition coefficient (Wildman–Crippen LogP) is 1.90. The zero-order valence-corrected chi connectivity index (χ0v) is 7.32. The smallest absolute Gasteiger partial charge is 0.302 e. The molecule has 0 spiro atoms. The van der Waals surface area contributed by atoms with Gasteiger partial charge in [0.15, 0.2) is 0 Å². The SMILES string of the molecule is CC(=O)O[C@@H]1CC[C@@H]2CC=C[C@@H]21. The molecule has 0 heterocycles. The number of hydrogen-bond acceptors (Lipinski definition) is 2. The van der Waals surface area contributed by atoms with Gasteiger partial charge in [-0.2, -0.15) is 0 Å². The highest BCUT2D eigenvalue weighted by Crippen LogP contribution is 2.41. The number of hydrogen-bond donors (Lipinski definition) is 0. The molecule has 66 valence electrons. The minimum Gasteiger partial charge on any atom is -0.462 e. The van der Waals surface area contributed by atoms with E-state index < -0.39 is 0 Å². The van der Waals surface area contributed by atoms with Crippen LogP contribution in [-0.4, -0.2) is 12.1 Å². The maximum absolute atomic E-state index is 10.7. The Labute approximate surface area is 72.6 Å². The van der Waals surface area contributed by atoms with Gasteiger partial charge in [0.25, 0.3) is 0 Å². The minimum absolute atomic E-state index is 0.138. The van der Waals surface area contributed by atoms with E-state index >= 15 is 0 Å². The van der Waals surface area contributed by atoms with E-state index in [1.165, 1.54) is 19.8 Å². The van der Waals surface area contributed by atoms with Crippen LogP contribution in [0.4, 0.5) is 0 Å². The fourth-order valence-corrected chi connectivity index (χ4v) is 2.38. The molecule has 0 N–H and O–H groups in total. The van der Waals surface area contributed by atoms with E-state index in [-0.39, 0.29) is 12.1 Å².